The molecule has 136 valence electrons. The molecule has 1 aliphatic rings. The molecule has 1 heterocycles. The first kappa shape index (κ1) is 20.2. The number of aliphatic imine (C=N–C) groups is 1. The normalized spacial score (nSPS) is 17.2. The zero-order valence-corrected chi connectivity index (χ0v) is 15.2. The first-order valence-corrected chi connectivity index (χ1v) is 10.3. The minimum atomic E-state index is -2.89. The number of nitrogens with zero attached hydrogens (tertiary/aromatic N) is 1. The Kier molecular flexibility index (Phi) is 10.2. The number of sulfone groups is 1. The average molecular weight is 349 g/mol. The van der Waals surface area contributed by atoms with Crippen LogP contribution in [-0.2, 0) is 19.3 Å². The van der Waals surface area contributed by atoms with E-state index in [2.05, 4.69) is 15.6 Å². The number of hydrogen-bond acceptors (Lipinski definition) is 5. The second-order valence-corrected chi connectivity index (χ2v) is 8.15. The molecule has 0 aromatic rings. The third-order valence-corrected chi connectivity index (χ3v) is 4.69. The molecular weight excluding hydrogens is 318 g/mol. The van der Waals surface area contributed by atoms with Gasteiger partial charge in [0.2, 0.25) is 0 Å². The molecule has 2 N–H and O–H groups in total. The van der Waals surface area contributed by atoms with Crippen molar-refractivity contribution in [3.63, 3.8) is 0 Å². The van der Waals surface area contributed by atoms with Gasteiger partial charge in [0, 0.05) is 52.8 Å². The van der Waals surface area contributed by atoms with Crippen LogP contribution in [0.3, 0.4) is 0 Å². The van der Waals surface area contributed by atoms with Crippen molar-refractivity contribution in [3.05, 3.63) is 0 Å². The second kappa shape index (κ2) is 11.6. The lowest BCUT2D eigenvalue weighted by molar-refractivity contribution is 0.0203. The Labute approximate surface area is 140 Å². The summed E-state index contributed by atoms with van der Waals surface area (Å²) in [4.78, 5) is 4.10. The highest BCUT2D eigenvalue weighted by Gasteiger charge is 2.13. The molecule has 0 amide bonds. The van der Waals surface area contributed by atoms with E-state index in [0.717, 1.165) is 52.2 Å². The van der Waals surface area contributed by atoms with Gasteiger partial charge >= 0.3 is 0 Å². The fourth-order valence-electron chi connectivity index (χ4n) is 2.31. The second-order valence-electron chi connectivity index (χ2n) is 5.89. The average Bonchev–Trinajstić information content (AvgIpc) is 2.52. The molecule has 7 nitrogen and oxygen atoms in total. The summed E-state index contributed by atoms with van der Waals surface area (Å²) in [5.41, 5.74) is 0. The predicted molar refractivity (Wildman–Crippen MR) is 92.7 cm³/mol. The lowest BCUT2D eigenvalue weighted by Gasteiger charge is -2.21. The van der Waals surface area contributed by atoms with Gasteiger partial charge in [0.05, 0.1) is 5.75 Å². The van der Waals surface area contributed by atoms with E-state index in [0.29, 0.717) is 24.8 Å². The number of ether oxygens (including phenoxy) is 2. The van der Waals surface area contributed by atoms with Crippen LogP contribution in [-0.4, -0.2) is 73.0 Å². The van der Waals surface area contributed by atoms with Gasteiger partial charge in [-0.2, -0.15) is 0 Å². The van der Waals surface area contributed by atoms with Crippen LogP contribution < -0.4 is 10.6 Å². The summed E-state index contributed by atoms with van der Waals surface area (Å²) in [6.45, 7) is 4.64. The first-order valence-electron chi connectivity index (χ1n) is 8.29. The lowest BCUT2D eigenvalue weighted by atomic mass is 10.0. The van der Waals surface area contributed by atoms with Gasteiger partial charge in [-0.1, -0.05) is 0 Å². The summed E-state index contributed by atoms with van der Waals surface area (Å²) in [6, 6.07) is 0. The molecule has 0 radical (unpaired) electrons. The maximum Gasteiger partial charge on any atom is 0.190 e. The highest BCUT2D eigenvalue weighted by atomic mass is 32.2. The number of hydrogen-bond donors (Lipinski definition) is 2. The third kappa shape index (κ3) is 11.3. The minimum Gasteiger partial charge on any atom is -0.381 e. The molecule has 1 fully saturated rings. The van der Waals surface area contributed by atoms with Crippen LogP contribution in [0, 0.1) is 5.92 Å². The largest absolute Gasteiger partial charge is 0.381 e. The molecule has 0 saturated carbocycles. The van der Waals surface area contributed by atoms with E-state index < -0.39 is 9.84 Å². The first-order chi connectivity index (χ1) is 11.0. The summed E-state index contributed by atoms with van der Waals surface area (Å²) < 4.78 is 33.1. The summed E-state index contributed by atoms with van der Waals surface area (Å²) in [7, 11) is -1.19. The van der Waals surface area contributed by atoms with Gasteiger partial charge < -0.3 is 20.1 Å². The van der Waals surface area contributed by atoms with Gasteiger partial charge in [-0.05, 0) is 31.6 Å². The highest BCUT2D eigenvalue weighted by molar-refractivity contribution is 7.90. The molecule has 0 unspecified atom stereocenters. The van der Waals surface area contributed by atoms with Crippen LogP contribution in [0.2, 0.25) is 0 Å². The standard InChI is InChI=1S/C15H31N3O4S/c1-16-15(18-8-4-12-23(2,19)20)17-7-3-9-22-13-14-5-10-21-11-6-14/h14H,3-13H2,1-2H3,(H2,16,17,18). The van der Waals surface area contributed by atoms with Gasteiger partial charge in [0.1, 0.15) is 9.84 Å². The number of guanidine groups is 1. The van der Waals surface area contributed by atoms with Crippen LogP contribution in [0.15, 0.2) is 4.99 Å². The molecule has 1 aliphatic heterocycles. The SMILES string of the molecule is CN=C(NCCCOCC1CCOCC1)NCCCS(C)(=O)=O. The highest BCUT2D eigenvalue weighted by Crippen LogP contribution is 2.14. The molecular formula is C15H31N3O4S. The molecule has 0 atom stereocenters. The number of nitrogens with one attached hydrogen (secondary N) is 2. The Balaban J connectivity index is 1.97. The molecule has 0 bridgehead atoms. The number of rotatable bonds is 10. The van der Waals surface area contributed by atoms with E-state index in [1.807, 2.05) is 0 Å². The maximum atomic E-state index is 11.0. The van der Waals surface area contributed by atoms with Crippen molar-refractivity contribution in [2.75, 3.05) is 58.6 Å². The van der Waals surface area contributed by atoms with Crippen molar-refractivity contribution in [2.24, 2.45) is 10.9 Å². The van der Waals surface area contributed by atoms with Crippen LogP contribution in [0.25, 0.3) is 0 Å². The molecule has 23 heavy (non-hydrogen) atoms. The fourth-order valence-corrected chi connectivity index (χ4v) is 2.97. The van der Waals surface area contributed by atoms with Gasteiger partial charge in [-0.15, -0.1) is 0 Å². The quantitative estimate of drug-likeness (QED) is 0.338. The molecule has 1 saturated heterocycles. The molecule has 8 heteroatoms. The van der Waals surface area contributed by atoms with Crippen molar-refractivity contribution in [3.8, 4) is 0 Å². The van der Waals surface area contributed by atoms with Crippen molar-refractivity contribution >= 4 is 15.8 Å². The van der Waals surface area contributed by atoms with Crippen molar-refractivity contribution in [1.82, 2.24) is 10.6 Å². The Morgan fingerprint density at radius 1 is 1.22 bits per heavy atom. The molecule has 0 spiro atoms. The van der Waals surface area contributed by atoms with Crippen molar-refractivity contribution in [1.29, 1.82) is 0 Å². The Morgan fingerprint density at radius 3 is 2.48 bits per heavy atom. The molecule has 0 aromatic heterocycles. The van der Waals surface area contributed by atoms with E-state index in [9.17, 15) is 8.42 Å². The topological polar surface area (TPSA) is 89.0 Å². The zero-order chi connectivity index (χ0) is 17.0. The molecule has 0 aliphatic carbocycles. The Bertz CT molecular complexity index is 434. The van der Waals surface area contributed by atoms with E-state index in [1.54, 1.807) is 7.05 Å². The van der Waals surface area contributed by atoms with Gasteiger partial charge in [0.25, 0.3) is 0 Å². The van der Waals surface area contributed by atoms with E-state index >= 15 is 0 Å². The maximum absolute atomic E-state index is 11.0. The van der Waals surface area contributed by atoms with Crippen LogP contribution in [0.4, 0.5) is 0 Å². The smallest absolute Gasteiger partial charge is 0.190 e. The van der Waals surface area contributed by atoms with Gasteiger partial charge in [-0.3, -0.25) is 4.99 Å². The van der Waals surface area contributed by atoms with Crippen LogP contribution in [0.5, 0.6) is 0 Å². The van der Waals surface area contributed by atoms with E-state index in [-0.39, 0.29) is 5.75 Å². The lowest BCUT2D eigenvalue weighted by Crippen LogP contribution is -2.38. The molecule has 0 aromatic carbocycles. The van der Waals surface area contributed by atoms with E-state index in [1.165, 1.54) is 6.26 Å². The third-order valence-electron chi connectivity index (χ3n) is 3.66. The van der Waals surface area contributed by atoms with Crippen LogP contribution in [0.1, 0.15) is 25.7 Å². The summed E-state index contributed by atoms with van der Waals surface area (Å²) in [6.07, 6.45) is 4.94. The fraction of sp³-hybridized carbons (Fsp3) is 0.933. The summed E-state index contributed by atoms with van der Waals surface area (Å²) in [5, 5.41) is 6.30. The van der Waals surface area contributed by atoms with Crippen molar-refractivity contribution < 1.29 is 17.9 Å². The molecule has 1 rings (SSSR count). The minimum absolute atomic E-state index is 0.192. The van der Waals surface area contributed by atoms with Gasteiger partial charge in [0.15, 0.2) is 5.96 Å². The van der Waals surface area contributed by atoms with Crippen LogP contribution >= 0.6 is 0 Å². The van der Waals surface area contributed by atoms with Crippen molar-refractivity contribution in [2.45, 2.75) is 25.7 Å². The monoisotopic (exact) mass is 349 g/mol. The zero-order valence-electron chi connectivity index (χ0n) is 14.3. The Morgan fingerprint density at radius 2 is 1.87 bits per heavy atom. The van der Waals surface area contributed by atoms with E-state index in [4.69, 9.17) is 9.47 Å². The Hall–Kier alpha value is -0.860. The summed E-state index contributed by atoms with van der Waals surface area (Å²) >= 11 is 0. The van der Waals surface area contributed by atoms with Gasteiger partial charge in [-0.25, -0.2) is 8.42 Å². The summed E-state index contributed by atoms with van der Waals surface area (Å²) in [5.74, 6) is 1.53. The predicted octanol–water partition coefficient (Wildman–Crippen LogP) is 0.419.